The molecule has 2 aromatic carbocycles. The fourth-order valence-corrected chi connectivity index (χ4v) is 8.97. The van der Waals surface area contributed by atoms with Crippen molar-refractivity contribution < 1.29 is 25.1 Å². The molecule has 2 aromatic rings. The molecular weight excluding hydrogens is 831 g/mol. The standard InChI is InChI=1S/C54H88N2.2C2H5.Pd/c1-7-13-19-22-25-30-35-47-39-45(33-28-16-10-4)41-49(43-47)53-51(37-18-12-6)52(38-32-27-24-21-15-9-3)54(56(53)55)50-42-46(34-29-17-11-5)40-48(44-50)36-31-26-23-20-14-8-2;2*1-2;/h39-44H,7-38H2,1-6H3;2*1H2,2H3;/q;2*-1;+2. The summed E-state index contributed by atoms with van der Waals surface area (Å²) in [4.78, 5) is 0. The van der Waals surface area contributed by atoms with E-state index in [1.807, 2.05) is 0 Å². The van der Waals surface area contributed by atoms with Gasteiger partial charge in [-0.25, -0.2) is 4.70 Å². The molecule has 0 unspecified atom stereocenters. The molecule has 0 atom stereocenters. The fraction of sp³-hybridized carbons (Fsp3) is 0.690. The summed E-state index contributed by atoms with van der Waals surface area (Å²) in [6.07, 6.45) is 40.1. The zero-order valence-electron chi connectivity index (χ0n) is 41.7. The Morgan fingerprint density at radius 3 is 0.869 bits per heavy atom. The van der Waals surface area contributed by atoms with Gasteiger partial charge in [-0.1, -0.05) is 182 Å². The van der Waals surface area contributed by atoms with Crippen LogP contribution in [0.1, 0.15) is 269 Å². The summed E-state index contributed by atoms with van der Waals surface area (Å²) in [6.45, 7) is 23.9. The molecule has 0 fully saturated rings. The van der Waals surface area contributed by atoms with Crippen molar-refractivity contribution in [3.63, 3.8) is 0 Å². The Labute approximate surface area is 395 Å². The average molecular weight is 930 g/mol. The number of nitrogens with zero attached hydrogens (tertiary/aromatic N) is 2. The van der Waals surface area contributed by atoms with Crippen molar-refractivity contribution in [2.45, 2.75) is 261 Å². The van der Waals surface area contributed by atoms with Gasteiger partial charge < -0.3 is 19.4 Å². The molecule has 3 heteroatoms. The van der Waals surface area contributed by atoms with Crippen LogP contribution in [0.3, 0.4) is 0 Å². The Morgan fingerprint density at radius 2 is 0.557 bits per heavy atom. The van der Waals surface area contributed by atoms with Gasteiger partial charge in [0.05, 0.1) is 0 Å². The number of benzene rings is 2. The first kappa shape index (κ1) is 59.2. The Morgan fingerprint density at radius 1 is 0.328 bits per heavy atom. The topological polar surface area (TPSA) is 25.3 Å². The second-order valence-corrected chi connectivity index (χ2v) is 17.6. The fourth-order valence-electron chi connectivity index (χ4n) is 8.97. The molecule has 1 aliphatic rings. The molecule has 61 heavy (non-hydrogen) atoms. The molecule has 0 bridgehead atoms. The van der Waals surface area contributed by atoms with Gasteiger partial charge in [0.2, 0.25) is 11.4 Å². The summed E-state index contributed by atoms with van der Waals surface area (Å²) in [6, 6.07) is 14.9. The maximum absolute atomic E-state index is 12.8. The first-order valence-electron chi connectivity index (χ1n) is 26.1. The van der Waals surface area contributed by atoms with E-state index in [1.54, 1.807) is 18.5 Å². The first-order chi connectivity index (χ1) is 29.5. The predicted octanol–water partition coefficient (Wildman–Crippen LogP) is 19.7. The Hall–Kier alpha value is -1.82. The molecule has 0 spiro atoms. The maximum Gasteiger partial charge on any atom is 2.00 e. The molecule has 3 rings (SSSR count). The van der Waals surface area contributed by atoms with Crippen LogP contribution in [0.2, 0.25) is 0 Å². The third-order valence-electron chi connectivity index (χ3n) is 12.3. The predicted molar refractivity (Wildman–Crippen MR) is 271 cm³/mol. The Kier molecular flexibility index (Phi) is 38.6. The molecule has 0 amide bonds. The molecule has 0 radical (unpaired) electrons. The molecule has 1 aliphatic heterocycles. The largest absolute Gasteiger partial charge is 2.00 e. The summed E-state index contributed by atoms with van der Waals surface area (Å²) in [5.74, 6) is 0. The summed E-state index contributed by atoms with van der Waals surface area (Å²) >= 11 is 0. The van der Waals surface area contributed by atoms with Crippen molar-refractivity contribution in [3.8, 4) is 0 Å². The van der Waals surface area contributed by atoms with E-state index in [0.717, 1.165) is 62.8 Å². The zero-order chi connectivity index (χ0) is 44.2. The minimum Gasteiger partial charge on any atom is -0.493 e. The summed E-state index contributed by atoms with van der Waals surface area (Å²) in [5.41, 5.74) is 26.1. The van der Waals surface area contributed by atoms with Crippen LogP contribution in [0.15, 0.2) is 47.5 Å². The molecule has 0 aliphatic carbocycles. The normalized spacial score (nSPS) is 12.3. The van der Waals surface area contributed by atoms with Crippen LogP contribution in [0.25, 0.3) is 16.9 Å². The van der Waals surface area contributed by atoms with Gasteiger partial charge >= 0.3 is 20.4 Å². The maximum atomic E-state index is 12.8. The minimum absolute atomic E-state index is 0. The van der Waals surface area contributed by atoms with Gasteiger partial charge in [0.25, 0.3) is 0 Å². The monoisotopic (exact) mass is 929 g/mol. The Balaban J connectivity index is 0.00000698. The van der Waals surface area contributed by atoms with Crippen LogP contribution in [-0.4, -0.2) is 4.70 Å². The molecule has 0 saturated heterocycles. The molecule has 350 valence electrons. The second-order valence-electron chi connectivity index (χ2n) is 17.6. The molecule has 2 nitrogen and oxygen atoms in total. The smallest absolute Gasteiger partial charge is 0.493 e. The van der Waals surface area contributed by atoms with Crippen LogP contribution >= 0.6 is 0 Å². The van der Waals surface area contributed by atoms with E-state index >= 15 is 0 Å². The van der Waals surface area contributed by atoms with Crippen molar-refractivity contribution in [3.05, 3.63) is 100 Å². The number of allylic oxidation sites excluding steroid dienone is 2. The van der Waals surface area contributed by atoms with Crippen LogP contribution in [0, 0.1) is 13.8 Å². The second kappa shape index (κ2) is 39.7. The van der Waals surface area contributed by atoms with E-state index in [0.29, 0.717) is 0 Å². The average Bonchev–Trinajstić information content (AvgIpc) is 3.55. The number of aryl methyl sites for hydroxylation is 4. The molecular formula is C58H98N2Pd. The van der Waals surface area contributed by atoms with Gasteiger partial charge in [-0.3, -0.25) is 0 Å². The molecule has 0 aromatic heterocycles. The van der Waals surface area contributed by atoms with E-state index in [1.165, 1.54) is 199 Å². The van der Waals surface area contributed by atoms with Crippen LogP contribution in [0.4, 0.5) is 0 Å². The van der Waals surface area contributed by atoms with Gasteiger partial charge in [0.15, 0.2) is 0 Å². The van der Waals surface area contributed by atoms with Gasteiger partial charge in [0, 0.05) is 22.3 Å². The third-order valence-corrected chi connectivity index (χ3v) is 12.3. The van der Waals surface area contributed by atoms with Crippen molar-refractivity contribution in [2.75, 3.05) is 0 Å². The molecule has 1 heterocycles. The van der Waals surface area contributed by atoms with E-state index in [9.17, 15) is 5.53 Å². The van der Waals surface area contributed by atoms with Crippen molar-refractivity contribution >= 4 is 11.4 Å². The van der Waals surface area contributed by atoms with E-state index in [4.69, 9.17) is 0 Å². The number of unbranched alkanes of at least 4 members (excludes halogenated alkanes) is 20. The van der Waals surface area contributed by atoms with Crippen LogP contribution in [-0.2, 0) is 46.1 Å². The van der Waals surface area contributed by atoms with Crippen LogP contribution in [0.5, 0.6) is 0 Å². The van der Waals surface area contributed by atoms with Gasteiger partial charge in [-0.05, 0) is 124 Å². The van der Waals surface area contributed by atoms with Crippen molar-refractivity contribution in [1.29, 1.82) is 0 Å². The van der Waals surface area contributed by atoms with Crippen molar-refractivity contribution in [2.24, 2.45) is 0 Å². The zero-order valence-corrected chi connectivity index (χ0v) is 43.3. The van der Waals surface area contributed by atoms with Crippen molar-refractivity contribution in [1.82, 2.24) is 0 Å². The van der Waals surface area contributed by atoms with Gasteiger partial charge in [-0.15, -0.1) is 0 Å². The first-order valence-corrected chi connectivity index (χ1v) is 26.1. The SMILES string of the molecule is CCCCCCCCC1=C(c2cc(CCCCC)cc(CCCCCCCC)c2)[N+](=[N-])C(c2cc(CCCCC)cc(CCCCCCCC)c2)=C1CCCC.[CH2-]C.[CH2-]C.[Pd+2]. The molecule has 0 saturated carbocycles. The van der Waals surface area contributed by atoms with Gasteiger partial charge in [-0.2, -0.15) is 13.8 Å². The number of rotatable bonds is 34. The number of hydrogen-bond donors (Lipinski definition) is 0. The van der Waals surface area contributed by atoms with E-state index < -0.39 is 0 Å². The molecule has 0 N–H and O–H groups in total. The van der Waals surface area contributed by atoms with Crippen LogP contribution < -0.4 is 0 Å². The Bertz CT molecular complexity index is 1450. The number of hydrogen-bond acceptors (Lipinski definition) is 0. The third kappa shape index (κ3) is 23.6. The summed E-state index contributed by atoms with van der Waals surface area (Å²) in [7, 11) is 0. The summed E-state index contributed by atoms with van der Waals surface area (Å²) in [5, 5.41) is 0. The quantitative estimate of drug-likeness (QED) is 0.0289. The minimum atomic E-state index is 0. The van der Waals surface area contributed by atoms with E-state index in [2.05, 4.69) is 91.8 Å². The van der Waals surface area contributed by atoms with Gasteiger partial charge in [0.1, 0.15) is 0 Å². The summed E-state index contributed by atoms with van der Waals surface area (Å²) < 4.78 is 1.71. The van der Waals surface area contributed by atoms with E-state index in [-0.39, 0.29) is 20.4 Å².